The number of halogens is 1. The summed E-state index contributed by atoms with van der Waals surface area (Å²) in [5.41, 5.74) is 1.73. The van der Waals surface area contributed by atoms with Crippen molar-refractivity contribution in [2.24, 2.45) is 5.92 Å². The number of benzene rings is 2. The Kier molecular flexibility index (Phi) is 8.36. The van der Waals surface area contributed by atoms with Crippen LogP contribution in [0.1, 0.15) is 52.9 Å². The fourth-order valence-electron chi connectivity index (χ4n) is 3.21. The van der Waals surface area contributed by atoms with Gasteiger partial charge in [-0.05, 0) is 48.7 Å². The van der Waals surface area contributed by atoms with E-state index < -0.39 is 0 Å². The second kappa shape index (κ2) is 11.4. The van der Waals surface area contributed by atoms with Crippen LogP contribution in [0.2, 0.25) is 0 Å². The Morgan fingerprint density at radius 3 is 2.53 bits per heavy atom. The topological polar surface area (TPSA) is 69.0 Å². The minimum absolute atomic E-state index is 0.00558. The van der Waals surface area contributed by atoms with Crippen molar-refractivity contribution in [3.63, 3.8) is 0 Å². The lowest BCUT2D eigenvalue weighted by Gasteiger charge is -2.09. The Balaban J connectivity index is 1.80. The van der Waals surface area contributed by atoms with Crippen molar-refractivity contribution in [3.05, 3.63) is 54.3 Å². The molecule has 0 saturated carbocycles. The first-order valence-electron chi connectivity index (χ1n) is 11.2. The van der Waals surface area contributed by atoms with E-state index in [9.17, 15) is 9.18 Å². The predicted molar refractivity (Wildman–Crippen MR) is 124 cm³/mol. The van der Waals surface area contributed by atoms with Gasteiger partial charge in [0.1, 0.15) is 5.82 Å². The number of unbranched alkanes of at least 4 members (excludes halogenated alkanes) is 3. The summed E-state index contributed by atoms with van der Waals surface area (Å²) in [5.74, 6) is 0.285. The van der Waals surface area contributed by atoms with E-state index in [0.717, 1.165) is 25.7 Å². The van der Waals surface area contributed by atoms with Crippen LogP contribution in [-0.2, 0) is 4.79 Å². The standard InChI is InChI=1S/C25H31FN4O2/c1-4-5-6-7-12-23(31)27-19-13-15-20(16-14-19)30-24(21-10-8-9-11-22(21)26)28-25(29-30)32-17-18(2)3/h8-11,13-16,18H,4-7,12,17H2,1-3H3,(H,27,31). The Morgan fingerprint density at radius 1 is 1.09 bits per heavy atom. The van der Waals surface area contributed by atoms with Crippen LogP contribution < -0.4 is 10.1 Å². The number of hydrogen-bond acceptors (Lipinski definition) is 4. The van der Waals surface area contributed by atoms with E-state index in [-0.39, 0.29) is 17.7 Å². The van der Waals surface area contributed by atoms with Crippen molar-refractivity contribution in [1.29, 1.82) is 0 Å². The molecule has 3 aromatic rings. The van der Waals surface area contributed by atoms with E-state index in [4.69, 9.17) is 4.74 Å². The molecule has 0 bridgehead atoms. The molecule has 1 N–H and O–H groups in total. The Bertz CT molecular complexity index is 1020. The van der Waals surface area contributed by atoms with Gasteiger partial charge < -0.3 is 10.1 Å². The number of anilines is 1. The van der Waals surface area contributed by atoms with E-state index >= 15 is 0 Å². The molecule has 6 nitrogen and oxygen atoms in total. The number of carbonyl (C=O) groups is 1. The number of hydrogen-bond donors (Lipinski definition) is 1. The van der Waals surface area contributed by atoms with Crippen LogP contribution in [0.15, 0.2) is 48.5 Å². The molecule has 1 amide bonds. The molecule has 0 aliphatic carbocycles. The third-order valence-electron chi connectivity index (χ3n) is 4.90. The average molecular weight is 439 g/mol. The van der Waals surface area contributed by atoms with Crippen LogP contribution >= 0.6 is 0 Å². The third kappa shape index (κ3) is 6.39. The number of aromatic nitrogens is 3. The van der Waals surface area contributed by atoms with Gasteiger partial charge in [-0.3, -0.25) is 4.79 Å². The fraction of sp³-hybridized carbons (Fsp3) is 0.400. The summed E-state index contributed by atoms with van der Waals surface area (Å²) in [6.07, 6.45) is 4.76. The highest BCUT2D eigenvalue weighted by Crippen LogP contribution is 2.26. The predicted octanol–water partition coefficient (Wildman–Crippen LogP) is 6.02. The normalized spacial score (nSPS) is 11.0. The molecule has 170 valence electrons. The van der Waals surface area contributed by atoms with Crippen molar-refractivity contribution in [2.45, 2.75) is 52.9 Å². The Morgan fingerprint density at radius 2 is 1.84 bits per heavy atom. The summed E-state index contributed by atoms with van der Waals surface area (Å²) in [7, 11) is 0. The largest absolute Gasteiger partial charge is 0.462 e. The minimum Gasteiger partial charge on any atom is -0.462 e. The molecule has 7 heteroatoms. The molecule has 2 aromatic carbocycles. The van der Waals surface area contributed by atoms with Gasteiger partial charge in [0.25, 0.3) is 0 Å². The summed E-state index contributed by atoms with van der Waals surface area (Å²) in [5, 5.41) is 7.37. The molecule has 0 spiro atoms. The number of rotatable bonds is 11. The molecule has 0 unspecified atom stereocenters. The second-order valence-corrected chi connectivity index (χ2v) is 8.22. The molecular formula is C25H31FN4O2. The molecule has 0 fully saturated rings. The molecule has 32 heavy (non-hydrogen) atoms. The van der Waals surface area contributed by atoms with Crippen LogP contribution in [0.3, 0.4) is 0 Å². The van der Waals surface area contributed by atoms with Gasteiger partial charge in [0, 0.05) is 12.1 Å². The van der Waals surface area contributed by atoms with Gasteiger partial charge in [0.05, 0.1) is 17.9 Å². The molecule has 0 aliphatic rings. The zero-order valence-corrected chi connectivity index (χ0v) is 19.0. The summed E-state index contributed by atoms with van der Waals surface area (Å²) in [6, 6.07) is 13.9. The van der Waals surface area contributed by atoms with Crippen molar-refractivity contribution >= 4 is 11.6 Å². The Hall–Kier alpha value is -3.22. The molecule has 0 aliphatic heterocycles. The lowest BCUT2D eigenvalue weighted by atomic mass is 10.1. The number of ether oxygens (including phenoxy) is 1. The fourth-order valence-corrected chi connectivity index (χ4v) is 3.21. The van der Waals surface area contributed by atoms with Gasteiger partial charge >= 0.3 is 6.01 Å². The zero-order chi connectivity index (χ0) is 22.9. The molecule has 1 heterocycles. The quantitative estimate of drug-likeness (QED) is 0.372. The van der Waals surface area contributed by atoms with Crippen molar-refractivity contribution in [1.82, 2.24) is 14.8 Å². The highest BCUT2D eigenvalue weighted by molar-refractivity contribution is 5.90. The number of amides is 1. The Labute approximate surface area is 188 Å². The monoisotopic (exact) mass is 438 g/mol. The summed E-state index contributed by atoms with van der Waals surface area (Å²) in [6.45, 7) is 6.68. The highest BCUT2D eigenvalue weighted by atomic mass is 19.1. The van der Waals surface area contributed by atoms with E-state index in [1.165, 1.54) is 6.07 Å². The van der Waals surface area contributed by atoms with Crippen molar-refractivity contribution < 1.29 is 13.9 Å². The lowest BCUT2D eigenvalue weighted by Crippen LogP contribution is -2.11. The van der Waals surface area contributed by atoms with Gasteiger partial charge in [-0.15, -0.1) is 5.10 Å². The maximum atomic E-state index is 14.5. The molecule has 3 rings (SSSR count). The first-order valence-corrected chi connectivity index (χ1v) is 11.2. The lowest BCUT2D eigenvalue weighted by molar-refractivity contribution is -0.116. The van der Waals surface area contributed by atoms with Crippen LogP contribution in [0, 0.1) is 11.7 Å². The minimum atomic E-state index is -0.386. The van der Waals surface area contributed by atoms with Gasteiger partial charge in [-0.1, -0.05) is 52.2 Å². The molecule has 1 aromatic heterocycles. The average Bonchev–Trinajstić information content (AvgIpc) is 3.20. The van der Waals surface area contributed by atoms with E-state index in [1.807, 2.05) is 26.0 Å². The summed E-state index contributed by atoms with van der Waals surface area (Å²) < 4.78 is 21.7. The van der Waals surface area contributed by atoms with Crippen LogP contribution in [-0.4, -0.2) is 27.3 Å². The number of nitrogens with one attached hydrogen (secondary N) is 1. The van der Waals surface area contributed by atoms with Crippen LogP contribution in [0.5, 0.6) is 6.01 Å². The SMILES string of the molecule is CCCCCCC(=O)Nc1ccc(-n2nc(OCC(C)C)nc2-c2ccccc2F)cc1. The molecule has 0 radical (unpaired) electrons. The second-order valence-electron chi connectivity index (χ2n) is 8.22. The maximum Gasteiger partial charge on any atom is 0.336 e. The van der Waals surface area contributed by atoms with Crippen molar-refractivity contribution in [3.8, 4) is 23.1 Å². The van der Waals surface area contributed by atoms with E-state index in [0.29, 0.717) is 41.7 Å². The highest BCUT2D eigenvalue weighted by Gasteiger charge is 2.18. The van der Waals surface area contributed by atoms with Crippen LogP contribution in [0.25, 0.3) is 17.1 Å². The molecular weight excluding hydrogens is 407 g/mol. The van der Waals surface area contributed by atoms with Gasteiger partial charge in [-0.25, -0.2) is 9.07 Å². The number of carbonyl (C=O) groups excluding carboxylic acids is 1. The van der Waals surface area contributed by atoms with Gasteiger partial charge in [0.15, 0.2) is 5.82 Å². The smallest absolute Gasteiger partial charge is 0.336 e. The summed E-state index contributed by atoms with van der Waals surface area (Å²) in [4.78, 5) is 16.6. The molecule has 0 saturated heterocycles. The molecule has 0 atom stereocenters. The van der Waals surface area contributed by atoms with Crippen LogP contribution in [0.4, 0.5) is 10.1 Å². The van der Waals surface area contributed by atoms with E-state index in [1.54, 1.807) is 35.0 Å². The number of nitrogens with zero attached hydrogens (tertiary/aromatic N) is 3. The maximum absolute atomic E-state index is 14.5. The zero-order valence-electron chi connectivity index (χ0n) is 19.0. The third-order valence-corrected chi connectivity index (χ3v) is 4.90. The van der Waals surface area contributed by atoms with E-state index in [2.05, 4.69) is 22.3 Å². The first-order chi connectivity index (χ1) is 15.5. The van der Waals surface area contributed by atoms with Crippen molar-refractivity contribution in [2.75, 3.05) is 11.9 Å². The van der Waals surface area contributed by atoms with Gasteiger partial charge in [0.2, 0.25) is 5.91 Å². The summed E-state index contributed by atoms with van der Waals surface area (Å²) >= 11 is 0. The first kappa shape index (κ1) is 23.4. The van der Waals surface area contributed by atoms with Gasteiger partial charge in [-0.2, -0.15) is 4.98 Å².